The number of nitrogens with zero attached hydrogens (tertiary/aromatic N) is 3. The van der Waals surface area contributed by atoms with Crippen LogP contribution in [0.5, 0.6) is 5.75 Å². The van der Waals surface area contributed by atoms with Gasteiger partial charge in [0.1, 0.15) is 11.2 Å². The quantitative estimate of drug-likeness (QED) is 0.602. The fourth-order valence-electron chi connectivity index (χ4n) is 3.71. The van der Waals surface area contributed by atoms with Crippen LogP contribution in [-0.2, 0) is 4.74 Å². The fraction of sp³-hybridized carbons (Fsp3) is 0.381. The maximum atomic E-state index is 14.4. The predicted molar refractivity (Wildman–Crippen MR) is 109 cm³/mol. The van der Waals surface area contributed by atoms with E-state index in [9.17, 15) is 9.18 Å². The predicted octanol–water partition coefficient (Wildman–Crippen LogP) is 4.17. The lowest BCUT2D eigenvalue weighted by atomic mass is 10.1. The molecule has 152 valence electrons. The Bertz CT molecular complexity index is 1140. The molecule has 0 N–H and O–H groups in total. The largest absolute Gasteiger partial charge is 0.494 e. The summed E-state index contributed by atoms with van der Waals surface area (Å²) in [6.45, 7) is 2.10. The van der Waals surface area contributed by atoms with E-state index in [1.807, 2.05) is 0 Å². The summed E-state index contributed by atoms with van der Waals surface area (Å²) < 4.78 is 26.5. The normalized spacial score (nSPS) is 14.9. The first-order valence-electron chi connectivity index (χ1n) is 9.36. The molecule has 2 aromatic heterocycles. The van der Waals surface area contributed by atoms with Crippen molar-refractivity contribution in [2.24, 2.45) is 5.92 Å². The van der Waals surface area contributed by atoms with Gasteiger partial charge in [0.25, 0.3) is 5.56 Å². The van der Waals surface area contributed by atoms with Crippen LogP contribution in [0.3, 0.4) is 0 Å². The van der Waals surface area contributed by atoms with Gasteiger partial charge in [-0.15, -0.1) is 0 Å². The highest BCUT2D eigenvalue weighted by Crippen LogP contribution is 2.41. The molecule has 0 spiro atoms. The lowest BCUT2D eigenvalue weighted by Gasteiger charge is -2.22. The van der Waals surface area contributed by atoms with Crippen molar-refractivity contribution < 1.29 is 13.9 Å². The molecule has 0 amide bonds. The van der Waals surface area contributed by atoms with E-state index in [-0.39, 0.29) is 22.4 Å². The summed E-state index contributed by atoms with van der Waals surface area (Å²) in [6.07, 6.45) is 3.69. The molecule has 1 aromatic carbocycles. The van der Waals surface area contributed by atoms with E-state index >= 15 is 0 Å². The van der Waals surface area contributed by atoms with Crippen molar-refractivity contribution in [3.8, 4) is 17.0 Å². The zero-order valence-electron chi connectivity index (χ0n) is 16.4. The van der Waals surface area contributed by atoms with Crippen LogP contribution in [0.4, 0.5) is 4.39 Å². The molecule has 3 aromatic rings. The van der Waals surface area contributed by atoms with Crippen LogP contribution < -0.4 is 10.3 Å². The van der Waals surface area contributed by atoms with Gasteiger partial charge in [-0.1, -0.05) is 11.6 Å². The van der Waals surface area contributed by atoms with Crippen LogP contribution >= 0.6 is 11.6 Å². The van der Waals surface area contributed by atoms with Crippen molar-refractivity contribution in [1.29, 1.82) is 0 Å². The Morgan fingerprint density at radius 2 is 2.10 bits per heavy atom. The third kappa shape index (κ3) is 3.49. The smallest absolute Gasteiger partial charge is 0.272 e. The van der Waals surface area contributed by atoms with Crippen LogP contribution in [0.25, 0.3) is 22.3 Å². The highest BCUT2D eigenvalue weighted by atomic mass is 35.5. The summed E-state index contributed by atoms with van der Waals surface area (Å²) in [5.41, 5.74) is 2.12. The van der Waals surface area contributed by atoms with E-state index in [2.05, 4.69) is 9.97 Å². The number of hydrogen-bond donors (Lipinski definition) is 0. The third-order valence-corrected chi connectivity index (χ3v) is 5.61. The minimum Gasteiger partial charge on any atom is -0.494 e. The van der Waals surface area contributed by atoms with Crippen LogP contribution in [0.15, 0.2) is 29.2 Å². The van der Waals surface area contributed by atoms with Gasteiger partial charge in [-0.2, -0.15) is 0 Å². The van der Waals surface area contributed by atoms with E-state index in [0.717, 1.165) is 12.8 Å². The summed E-state index contributed by atoms with van der Waals surface area (Å²) in [7, 11) is 3.01. The molecule has 0 radical (unpaired) electrons. The minimum absolute atomic E-state index is 0.0499. The number of rotatable bonds is 6. The molecule has 2 heterocycles. The fourth-order valence-corrected chi connectivity index (χ4v) is 3.96. The van der Waals surface area contributed by atoms with E-state index in [1.165, 1.54) is 19.2 Å². The minimum atomic E-state index is -0.550. The lowest BCUT2D eigenvalue weighted by molar-refractivity contribution is 0.145. The summed E-state index contributed by atoms with van der Waals surface area (Å²) >= 11 is 6.40. The molecule has 0 bridgehead atoms. The number of methoxy groups -OCH3 is 2. The van der Waals surface area contributed by atoms with Crippen molar-refractivity contribution >= 4 is 22.6 Å². The molecule has 29 heavy (non-hydrogen) atoms. The van der Waals surface area contributed by atoms with Crippen molar-refractivity contribution in [2.45, 2.75) is 25.8 Å². The summed E-state index contributed by atoms with van der Waals surface area (Å²) in [6, 6.07) is 4.36. The Hall–Kier alpha value is -2.51. The van der Waals surface area contributed by atoms with Crippen LogP contribution in [0.1, 0.15) is 24.6 Å². The molecular formula is C21H21ClFN3O3. The lowest BCUT2D eigenvalue weighted by Crippen LogP contribution is -2.31. The SMILES string of the molecule is COCC(C1CC1)n1c(=O)c(C)nc2c(-c3cc(F)c(OC)cc3Cl)nccc21. The molecule has 4 rings (SSSR count). The number of fused-ring (bicyclic) bond motifs is 1. The molecule has 1 fully saturated rings. The van der Waals surface area contributed by atoms with E-state index in [4.69, 9.17) is 21.1 Å². The van der Waals surface area contributed by atoms with Crippen LogP contribution in [-0.4, -0.2) is 35.4 Å². The van der Waals surface area contributed by atoms with Crippen molar-refractivity contribution in [2.75, 3.05) is 20.8 Å². The average Bonchev–Trinajstić information content (AvgIpc) is 3.54. The first-order valence-corrected chi connectivity index (χ1v) is 9.74. The standard InChI is InChI=1S/C21H21ClFN3O3/c1-11-21(27)26(17(10-28-2)12-4-5-12)16-6-7-24-19(20(16)25-11)13-8-15(23)18(29-3)9-14(13)22/h6-9,12,17H,4-5,10H2,1-3H3. The van der Waals surface area contributed by atoms with Crippen molar-refractivity contribution in [3.63, 3.8) is 0 Å². The highest BCUT2D eigenvalue weighted by Gasteiger charge is 2.34. The molecule has 8 heteroatoms. The third-order valence-electron chi connectivity index (χ3n) is 5.30. The maximum absolute atomic E-state index is 14.4. The second-order valence-electron chi connectivity index (χ2n) is 7.23. The molecule has 0 saturated heterocycles. The number of aromatic nitrogens is 3. The Kier molecular flexibility index (Phi) is 5.27. The van der Waals surface area contributed by atoms with Gasteiger partial charge in [-0.3, -0.25) is 14.3 Å². The molecular weight excluding hydrogens is 397 g/mol. The highest BCUT2D eigenvalue weighted by molar-refractivity contribution is 6.33. The van der Waals surface area contributed by atoms with Crippen LogP contribution in [0, 0.1) is 18.7 Å². The zero-order valence-corrected chi connectivity index (χ0v) is 17.2. The van der Waals surface area contributed by atoms with Gasteiger partial charge in [-0.25, -0.2) is 9.37 Å². The number of aryl methyl sites for hydroxylation is 1. The summed E-state index contributed by atoms with van der Waals surface area (Å²) in [5, 5.41) is 0.288. The van der Waals surface area contributed by atoms with E-state index in [1.54, 1.807) is 30.9 Å². The second-order valence-corrected chi connectivity index (χ2v) is 7.63. The van der Waals surface area contributed by atoms with Gasteiger partial charge >= 0.3 is 0 Å². The molecule has 1 saturated carbocycles. The number of halogens is 2. The Morgan fingerprint density at radius 1 is 1.34 bits per heavy atom. The number of pyridine rings is 1. The molecule has 1 unspecified atom stereocenters. The van der Waals surface area contributed by atoms with Gasteiger partial charge in [0.15, 0.2) is 11.6 Å². The van der Waals surface area contributed by atoms with Crippen LogP contribution in [0.2, 0.25) is 5.02 Å². The molecule has 0 aliphatic heterocycles. The van der Waals surface area contributed by atoms with E-state index < -0.39 is 5.82 Å². The zero-order chi connectivity index (χ0) is 20.7. The Balaban J connectivity index is 2.00. The average molecular weight is 418 g/mol. The Labute approximate surface area is 172 Å². The monoisotopic (exact) mass is 417 g/mol. The van der Waals surface area contributed by atoms with Gasteiger partial charge < -0.3 is 9.47 Å². The second kappa shape index (κ2) is 7.72. The molecule has 1 aliphatic rings. The number of ether oxygens (including phenoxy) is 2. The first-order chi connectivity index (χ1) is 14.0. The number of benzene rings is 1. The van der Waals surface area contributed by atoms with Gasteiger partial charge in [-0.05, 0) is 37.8 Å². The van der Waals surface area contributed by atoms with Gasteiger partial charge in [0.05, 0.1) is 36.0 Å². The van der Waals surface area contributed by atoms with E-state index in [0.29, 0.717) is 40.5 Å². The van der Waals surface area contributed by atoms with Crippen molar-refractivity contribution in [3.05, 3.63) is 51.3 Å². The summed E-state index contributed by atoms with van der Waals surface area (Å²) in [4.78, 5) is 21.9. The topological polar surface area (TPSA) is 66.2 Å². The first kappa shape index (κ1) is 19.8. The number of hydrogen-bond acceptors (Lipinski definition) is 5. The Morgan fingerprint density at radius 3 is 2.76 bits per heavy atom. The van der Waals surface area contributed by atoms with Gasteiger partial charge in [0.2, 0.25) is 0 Å². The molecule has 6 nitrogen and oxygen atoms in total. The van der Waals surface area contributed by atoms with Crippen molar-refractivity contribution in [1.82, 2.24) is 14.5 Å². The molecule has 1 aliphatic carbocycles. The van der Waals surface area contributed by atoms with Gasteiger partial charge in [0, 0.05) is 24.9 Å². The summed E-state index contributed by atoms with van der Waals surface area (Å²) in [5.74, 6) is -0.115. The maximum Gasteiger partial charge on any atom is 0.272 e. The molecule has 1 atom stereocenters.